The van der Waals surface area contributed by atoms with Crippen LogP contribution in [0.15, 0.2) is 42.5 Å². The van der Waals surface area contributed by atoms with Gasteiger partial charge in [0.2, 0.25) is 0 Å². The molecule has 4 unspecified atom stereocenters. The molecule has 3 heteroatoms. The first-order chi connectivity index (χ1) is 14.0. The van der Waals surface area contributed by atoms with Gasteiger partial charge in [0.15, 0.2) is 0 Å². The predicted octanol–water partition coefficient (Wildman–Crippen LogP) is 5.98. The van der Waals surface area contributed by atoms with Crippen LogP contribution in [0.3, 0.4) is 0 Å². The van der Waals surface area contributed by atoms with Crippen LogP contribution in [0.2, 0.25) is 0 Å². The molecule has 2 aromatic carbocycles. The standard InChI is InChI=1S/C24H37NO2.C2H6/c1-5-9-24(18(3)6-2)27-17-23(26)16-25-19(4)14-20-12-13-21-10-7-8-11-22(21)15-20;1-2/h7-8,10-13,15,18-19,23-26H,5-6,9,14,16-17H2,1-4H3;1-2H3. The van der Waals surface area contributed by atoms with E-state index in [-0.39, 0.29) is 6.10 Å². The van der Waals surface area contributed by atoms with Crippen LogP contribution in [0.5, 0.6) is 0 Å². The molecule has 0 aliphatic rings. The van der Waals surface area contributed by atoms with Crippen molar-refractivity contribution in [2.24, 2.45) is 5.92 Å². The monoisotopic (exact) mass is 401 g/mol. The number of aliphatic hydroxyl groups is 1. The molecule has 2 aromatic rings. The maximum atomic E-state index is 10.3. The number of fused-ring (bicyclic) bond motifs is 1. The second kappa shape index (κ2) is 14.5. The molecule has 0 spiro atoms. The van der Waals surface area contributed by atoms with E-state index in [1.165, 1.54) is 16.3 Å². The summed E-state index contributed by atoms with van der Waals surface area (Å²) >= 11 is 0. The third kappa shape index (κ3) is 9.29. The van der Waals surface area contributed by atoms with Gasteiger partial charge in [-0.1, -0.05) is 89.9 Å². The van der Waals surface area contributed by atoms with Gasteiger partial charge >= 0.3 is 0 Å². The van der Waals surface area contributed by atoms with Crippen molar-refractivity contribution >= 4 is 10.8 Å². The number of hydrogen-bond acceptors (Lipinski definition) is 3. The number of hydrogen-bond donors (Lipinski definition) is 2. The lowest BCUT2D eigenvalue weighted by Crippen LogP contribution is -2.38. The first kappa shape index (κ1) is 25.6. The molecule has 29 heavy (non-hydrogen) atoms. The van der Waals surface area contributed by atoms with E-state index >= 15 is 0 Å². The zero-order chi connectivity index (χ0) is 21.6. The highest BCUT2D eigenvalue weighted by Gasteiger charge is 2.17. The molecule has 0 aliphatic heterocycles. The fraction of sp³-hybridized carbons (Fsp3) is 0.615. The van der Waals surface area contributed by atoms with Crippen LogP contribution in [0.1, 0.15) is 66.4 Å². The lowest BCUT2D eigenvalue weighted by Gasteiger charge is -2.25. The zero-order valence-corrected chi connectivity index (χ0v) is 19.4. The van der Waals surface area contributed by atoms with Crippen molar-refractivity contribution in [1.29, 1.82) is 0 Å². The highest BCUT2D eigenvalue weighted by molar-refractivity contribution is 5.82. The summed E-state index contributed by atoms with van der Waals surface area (Å²) in [5, 5.41) is 16.3. The summed E-state index contributed by atoms with van der Waals surface area (Å²) in [6.45, 7) is 13.8. The number of nitrogens with one attached hydrogen (secondary N) is 1. The predicted molar refractivity (Wildman–Crippen MR) is 127 cm³/mol. The molecule has 4 atom stereocenters. The van der Waals surface area contributed by atoms with Crippen molar-refractivity contribution in [3.8, 4) is 0 Å². The van der Waals surface area contributed by atoms with Gasteiger partial charge in [-0.25, -0.2) is 0 Å². The fourth-order valence-corrected chi connectivity index (χ4v) is 3.50. The van der Waals surface area contributed by atoms with Crippen molar-refractivity contribution < 1.29 is 9.84 Å². The maximum Gasteiger partial charge on any atom is 0.0897 e. The molecule has 3 nitrogen and oxygen atoms in total. The molecule has 0 saturated heterocycles. The number of benzene rings is 2. The van der Waals surface area contributed by atoms with Gasteiger partial charge in [-0.15, -0.1) is 0 Å². The normalized spacial score (nSPS) is 15.3. The minimum atomic E-state index is -0.465. The Bertz CT molecular complexity index is 673. The quantitative estimate of drug-likeness (QED) is 0.460. The Morgan fingerprint density at radius 1 is 1.00 bits per heavy atom. The molecule has 164 valence electrons. The lowest BCUT2D eigenvalue weighted by atomic mass is 9.98. The molecular formula is C26H43NO2. The van der Waals surface area contributed by atoms with Crippen LogP contribution in [0.25, 0.3) is 10.8 Å². The molecule has 0 aliphatic carbocycles. The van der Waals surface area contributed by atoms with Crippen molar-refractivity contribution in [2.75, 3.05) is 13.2 Å². The Morgan fingerprint density at radius 3 is 2.34 bits per heavy atom. The van der Waals surface area contributed by atoms with Gasteiger partial charge < -0.3 is 15.2 Å². The minimum absolute atomic E-state index is 0.254. The summed E-state index contributed by atoms with van der Waals surface area (Å²) in [6, 6.07) is 15.4. The van der Waals surface area contributed by atoms with E-state index in [1.54, 1.807) is 0 Å². The summed E-state index contributed by atoms with van der Waals surface area (Å²) in [7, 11) is 0. The molecule has 0 saturated carbocycles. The van der Waals surface area contributed by atoms with Gasteiger partial charge in [0, 0.05) is 12.6 Å². The second-order valence-corrected chi connectivity index (χ2v) is 7.89. The Morgan fingerprint density at radius 2 is 1.69 bits per heavy atom. The summed E-state index contributed by atoms with van der Waals surface area (Å²) in [6.07, 6.45) is 4.03. The SMILES string of the molecule is CC.CCCC(OCC(O)CNC(C)Cc1ccc2ccccc2c1)C(C)CC. The Labute approximate surface area is 178 Å². The molecular weight excluding hydrogens is 358 g/mol. The third-order valence-corrected chi connectivity index (χ3v) is 5.41. The topological polar surface area (TPSA) is 41.5 Å². The van der Waals surface area contributed by atoms with Crippen molar-refractivity contribution in [2.45, 2.75) is 85.5 Å². The molecule has 2 rings (SSSR count). The molecule has 0 aromatic heterocycles. The Balaban J connectivity index is 0.00000204. The van der Waals surface area contributed by atoms with Gasteiger partial charge in [0.05, 0.1) is 18.8 Å². The van der Waals surface area contributed by atoms with Crippen LogP contribution in [0.4, 0.5) is 0 Å². The van der Waals surface area contributed by atoms with Crippen molar-refractivity contribution in [1.82, 2.24) is 5.32 Å². The average Bonchev–Trinajstić information content (AvgIpc) is 2.76. The lowest BCUT2D eigenvalue weighted by molar-refractivity contribution is -0.0358. The van der Waals surface area contributed by atoms with Crippen LogP contribution in [-0.4, -0.2) is 36.5 Å². The van der Waals surface area contributed by atoms with E-state index in [9.17, 15) is 5.11 Å². The first-order valence-corrected chi connectivity index (χ1v) is 11.5. The maximum absolute atomic E-state index is 10.3. The smallest absolute Gasteiger partial charge is 0.0897 e. The largest absolute Gasteiger partial charge is 0.389 e. The van der Waals surface area contributed by atoms with E-state index in [4.69, 9.17) is 4.74 Å². The van der Waals surface area contributed by atoms with Crippen LogP contribution in [0, 0.1) is 5.92 Å². The van der Waals surface area contributed by atoms with E-state index in [2.05, 4.69) is 75.5 Å². The van der Waals surface area contributed by atoms with Gasteiger partial charge in [-0.3, -0.25) is 0 Å². The average molecular weight is 402 g/mol. The number of ether oxygens (including phenoxy) is 1. The van der Waals surface area contributed by atoms with Crippen LogP contribution < -0.4 is 5.32 Å². The first-order valence-electron chi connectivity index (χ1n) is 11.5. The molecule has 0 radical (unpaired) electrons. The summed E-state index contributed by atoms with van der Waals surface area (Å²) in [5.41, 5.74) is 1.32. The highest BCUT2D eigenvalue weighted by Crippen LogP contribution is 2.18. The molecule has 0 heterocycles. The third-order valence-electron chi connectivity index (χ3n) is 5.41. The summed E-state index contributed by atoms with van der Waals surface area (Å²) < 4.78 is 6.01. The molecule has 0 fully saturated rings. The van der Waals surface area contributed by atoms with E-state index < -0.39 is 6.10 Å². The van der Waals surface area contributed by atoms with Gasteiger partial charge in [-0.2, -0.15) is 0 Å². The summed E-state index contributed by atoms with van der Waals surface area (Å²) in [5.74, 6) is 0.539. The van der Waals surface area contributed by atoms with Gasteiger partial charge in [0.25, 0.3) is 0 Å². The summed E-state index contributed by atoms with van der Waals surface area (Å²) in [4.78, 5) is 0. The number of rotatable bonds is 12. The molecule has 0 bridgehead atoms. The van der Waals surface area contributed by atoms with Gasteiger partial charge in [0.1, 0.15) is 0 Å². The Hall–Kier alpha value is -1.42. The molecule has 2 N–H and O–H groups in total. The minimum Gasteiger partial charge on any atom is -0.389 e. The fourth-order valence-electron chi connectivity index (χ4n) is 3.50. The van der Waals surface area contributed by atoms with E-state index in [0.717, 1.165) is 25.7 Å². The Kier molecular flexibility index (Phi) is 12.8. The van der Waals surface area contributed by atoms with E-state index in [0.29, 0.717) is 25.1 Å². The number of aliphatic hydroxyl groups excluding tert-OH is 1. The highest BCUT2D eigenvalue weighted by atomic mass is 16.5. The second-order valence-electron chi connectivity index (χ2n) is 7.89. The van der Waals surface area contributed by atoms with Gasteiger partial charge in [-0.05, 0) is 42.0 Å². The zero-order valence-electron chi connectivity index (χ0n) is 19.4. The van der Waals surface area contributed by atoms with Crippen LogP contribution in [-0.2, 0) is 11.2 Å². The van der Waals surface area contributed by atoms with Crippen molar-refractivity contribution in [3.63, 3.8) is 0 Å². The van der Waals surface area contributed by atoms with Crippen molar-refractivity contribution in [3.05, 3.63) is 48.0 Å². The van der Waals surface area contributed by atoms with Crippen LogP contribution >= 0.6 is 0 Å². The van der Waals surface area contributed by atoms with E-state index in [1.807, 2.05) is 13.8 Å². The molecule has 0 amide bonds.